The molecule has 3 rings (SSSR count). The Bertz CT molecular complexity index is 781. The van der Waals surface area contributed by atoms with E-state index in [1.54, 1.807) is 0 Å². The van der Waals surface area contributed by atoms with Crippen molar-refractivity contribution in [1.82, 2.24) is 15.5 Å². The average molecular weight is 393 g/mol. The molecule has 2 unspecified atom stereocenters. The van der Waals surface area contributed by atoms with Gasteiger partial charge in [-0.05, 0) is 44.2 Å². The highest BCUT2D eigenvalue weighted by molar-refractivity contribution is 6.01. The normalized spacial score (nSPS) is 22.1. The van der Waals surface area contributed by atoms with Crippen LogP contribution in [0.1, 0.15) is 36.0 Å². The zero-order valence-corrected chi connectivity index (χ0v) is 15.4. The summed E-state index contributed by atoms with van der Waals surface area (Å²) in [5, 5.41) is 17.1. The molecule has 0 saturated carbocycles. The van der Waals surface area contributed by atoms with Crippen molar-refractivity contribution in [2.24, 2.45) is 5.92 Å². The highest BCUT2D eigenvalue weighted by Crippen LogP contribution is 2.29. The largest absolute Gasteiger partial charge is 0.393 e. The fraction of sp³-hybridized carbons (Fsp3) is 0.556. The molecule has 0 spiro atoms. The van der Waals surface area contributed by atoms with Crippen LogP contribution < -0.4 is 16.4 Å². The number of anilines is 1. The number of carbonyl (C=O) groups is 2. The van der Waals surface area contributed by atoms with Gasteiger partial charge < -0.3 is 21.3 Å². The maximum atomic E-state index is 13.7. The molecule has 1 aromatic rings. The summed E-state index contributed by atoms with van der Waals surface area (Å²) in [6.45, 7) is 2.11. The quantitative estimate of drug-likeness (QED) is 0.389. The van der Waals surface area contributed by atoms with E-state index in [2.05, 4.69) is 10.6 Å². The third-order valence-corrected chi connectivity index (χ3v) is 5.30. The topological polar surface area (TPSA) is 131 Å². The lowest BCUT2D eigenvalue weighted by Crippen LogP contribution is -2.46. The molecule has 152 valence electrons. The Morgan fingerprint density at radius 1 is 1.36 bits per heavy atom. The van der Waals surface area contributed by atoms with E-state index in [9.17, 15) is 24.1 Å². The van der Waals surface area contributed by atoms with Crippen molar-refractivity contribution in [3.8, 4) is 0 Å². The molecule has 2 amide bonds. The smallest absolute Gasteiger partial charge is 0.295 e. The van der Waals surface area contributed by atoms with Gasteiger partial charge in [-0.2, -0.15) is 0 Å². The van der Waals surface area contributed by atoms with Crippen LogP contribution in [0.25, 0.3) is 0 Å². The molecule has 2 atom stereocenters. The van der Waals surface area contributed by atoms with Crippen LogP contribution in [0.4, 0.5) is 15.8 Å². The molecule has 2 aliphatic rings. The van der Waals surface area contributed by atoms with Crippen LogP contribution in [0.5, 0.6) is 0 Å². The molecule has 4 N–H and O–H groups in total. The van der Waals surface area contributed by atoms with Crippen molar-refractivity contribution < 1.29 is 18.9 Å². The Hall–Kier alpha value is -2.75. The van der Waals surface area contributed by atoms with Crippen LogP contribution in [-0.2, 0) is 4.79 Å². The predicted octanol–water partition coefficient (Wildman–Crippen LogP) is 1.04. The molecule has 2 saturated heterocycles. The Morgan fingerprint density at radius 3 is 2.82 bits per heavy atom. The number of hydrogen-bond acceptors (Lipinski definition) is 6. The van der Waals surface area contributed by atoms with Crippen LogP contribution >= 0.6 is 0 Å². The standard InChI is InChI=1S/C18H24FN5O4/c19-12-7-13(16(20)15(8-12)24(27)28)18(26)23-6-2-3-11(10-23)9-22-17(25)14-4-1-5-21-14/h7-8,11,14,21H,1-6,9-10,20H2,(H,22,25). The average Bonchev–Trinajstić information content (AvgIpc) is 3.22. The summed E-state index contributed by atoms with van der Waals surface area (Å²) in [6.07, 6.45) is 3.37. The molecule has 0 bridgehead atoms. The highest BCUT2D eigenvalue weighted by atomic mass is 19.1. The van der Waals surface area contributed by atoms with Gasteiger partial charge in [0, 0.05) is 19.6 Å². The van der Waals surface area contributed by atoms with E-state index < -0.39 is 22.3 Å². The molecule has 2 heterocycles. The number of nitro benzene ring substituents is 1. The summed E-state index contributed by atoms with van der Waals surface area (Å²) >= 11 is 0. The molecule has 0 aliphatic carbocycles. The lowest BCUT2D eigenvalue weighted by molar-refractivity contribution is -0.384. The minimum atomic E-state index is -0.880. The maximum Gasteiger partial charge on any atom is 0.295 e. The molecule has 9 nitrogen and oxygen atoms in total. The number of benzene rings is 1. The second-order valence-corrected chi connectivity index (χ2v) is 7.30. The number of halogens is 1. The number of carbonyl (C=O) groups excluding carboxylic acids is 2. The first kappa shape index (κ1) is 20.0. The van der Waals surface area contributed by atoms with E-state index in [1.807, 2.05) is 0 Å². The third-order valence-electron chi connectivity index (χ3n) is 5.30. The maximum absolute atomic E-state index is 13.7. The SMILES string of the molecule is Nc1c(C(=O)N2CCCC(CNC(=O)C3CCCN3)C2)cc(F)cc1[N+](=O)[O-]. The zero-order chi connectivity index (χ0) is 20.3. The summed E-state index contributed by atoms with van der Waals surface area (Å²) in [5.41, 5.74) is 4.59. The minimum absolute atomic E-state index is 0.0362. The molecular formula is C18H24FN5O4. The number of nitro groups is 1. The zero-order valence-electron chi connectivity index (χ0n) is 15.4. The number of nitrogens with zero attached hydrogens (tertiary/aromatic N) is 2. The third kappa shape index (κ3) is 4.38. The predicted molar refractivity (Wildman–Crippen MR) is 100 cm³/mol. The molecule has 28 heavy (non-hydrogen) atoms. The summed E-state index contributed by atoms with van der Waals surface area (Å²) < 4.78 is 13.7. The number of nitrogens with two attached hydrogens (primary N) is 1. The van der Waals surface area contributed by atoms with E-state index in [4.69, 9.17) is 5.73 Å². The Morgan fingerprint density at radius 2 is 2.14 bits per heavy atom. The first-order valence-corrected chi connectivity index (χ1v) is 9.40. The molecule has 2 fully saturated rings. The number of piperidine rings is 1. The summed E-state index contributed by atoms with van der Waals surface area (Å²) in [4.78, 5) is 36.7. The van der Waals surface area contributed by atoms with Crippen LogP contribution in [0.3, 0.4) is 0 Å². The Labute approximate surface area is 161 Å². The van der Waals surface area contributed by atoms with Gasteiger partial charge >= 0.3 is 0 Å². The number of likely N-dealkylation sites (tertiary alicyclic amines) is 1. The Balaban J connectivity index is 1.64. The van der Waals surface area contributed by atoms with Gasteiger partial charge in [-0.15, -0.1) is 0 Å². The van der Waals surface area contributed by atoms with Gasteiger partial charge in [0.15, 0.2) is 0 Å². The Kier molecular flexibility index (Phi) is 6.08. The van der Waals surface area contributed by atoms with Crippen LogP contribution in [0, 0.1) is 21.8 Å². The lowest BCUT2D eigenvalue weighted by Gasteiger charge is -2.33. The molecule has 10 heteroatoms. The van der Waals surface area contributed by atoms with Crippen molar-refractivity contribution >= 4 is 23.2 Å². The number of nitrogens with one attached hydrogen (secondary N) is 2. The van der Waals surface area contributed by atoms with E-state index >= 15 is 0 Å². The molecule has 2 aliphatic heterocycles. The molecule has 0 aromatic heterocycles. The van der Waals surface area contributed by atoms with Crippen molar-refractivity contribution in [3.05, 3.63) is 33.6 Å². The second kappa shape index (κ2) is 8.51. The molecule has 0 radical (unpaired) electrons. The molecule has 1 aromatic carbocycles. The van der Waals surface area contributed by atoms with Crippen molar-refractivity contribution in [1.29, 1.82) is 0 Å². The van der Waals surface area contributed by atoms with E-state index in [0.29, 0.717) is 25.7 Å². The van der Waals surface area contributed by atoms with E-state index in [1.165, 1.54) is 4.90 Å². The van der Waals surface area contributed by atoms with Crippen LogP contribution in [0.15, 0.2) is 12.1 Å². The van der Waals surface area contributed by atoms with Crippen molar-refractivity contribution in [2.45, 2.75) is 31.7 Å². The number of amides is 2. The summed E-state index contributed by atoms with van der Waals surface area (Å²) in [7, 11) is 0. The number of rotatable bonds is 5. The van der Waals surface area contributed by atoms with E-state index in [0.717, 1.165) is 38.3 Å². The fourth-order valence-electron chi connectivity index (χ4n) is 3.79. The number of nitrogen functional groups attached to an aromatic ring is 1. The molecular weight excluding hydrogens is 369 g/mol. The summed E-state index contributed by atoms with van der Waals surface area (Å²) in [6, 6.07) is 1.48. The van der Waals surface area contributed by atoms with Crippen LogP contribution in [-0.4, -0.2) is 53.9 Å². The van der Waals surface area contributed by atoms with Crippen molar-refractivity contribution in [3.63, 3.8) is 0 Å². The van der Waals surface area contributed by atoms with Gasteiger partial charge in [0.05, 0.1) is 22.6 Å². The van der Waals surface area contributed by atoms with Gasteiger partial charge in [-0.25, -0.2) is 4.39 Å². The van der Waals surface area contributed by atoms with E-state index in [-0.39, 0.29) is 29.1 Å². The summed E-state index contributed by atoms with van der Waals surface area (Å²) in [5.74, 6) is -1.39. The van der Waals surface area contributed by atoms with Gasteiger partial charge in [0.25, 0.3) is 11.6 Å². The highest BCUT2D eigenvalue weighted by Gasteiger charge is 2.29. The van der Waals surface area contributed by atoms with Gasteiger partial charge in [-0.3, -0.25) is 19.7 Å². The van der Waals surface area contributed by atoms with Crippen LogP contribution in [0.2, 0.25) is 0 Å². The number of hydrogen-bond donors (Lipinski definition) is 3. The van der Waals surface area contributed by atoms with Gasteiger partial charge in [0.1, 0.15) is 11.5 Å². The first-order valence-electron chi connectivity index (χ1n) is 9.40. The minimum Gasteiger partial charge on any atom is -0.393 e. The van der Waals surface area contributed by atoms with Gasteiger partial charge in [-0.1, -0.05) is 0 Å². The fourth-order valence-corrected chi connectivity index (χ4v) is 3.79. The lowest BCUT2D eigenvalue weighted by atomic mass is 9.96. The second-order valence-electron chi connectivity index (χ2n) is 7.30. The van der Waals surface area contributed by atoms with Crippen molar-refractivity contribution in [2.75, 3.05) is 31.9 Å². The first-order chi connectivity index (χ1) is 13.4. The van der Waals surface area contributed by atoms with Gasteiger partial charge in [0.2, 0.25) is 5.91 Å². The monoisotopic (exact) mass is 393 g/mol.